The summed E-state index contributed by atoms with van der Waals surface area (Å²) in [7, 11) is 0. The number of carboxylic acids is 1. The second kappa shape index (κ2) is 6.37. The fraction of sp³-hybridized carbons (Fsp3) is 0.273. The highest BCUT2D eigenvalue weighted by Gasteiger charge is 2.40. The molecule has 21 heavy (non-hydrogen) atoms. The lowest BCUT2D eigenvalue weighted by Gasteiger charge is -2.16. The summed E-state index contributed by atoms with van der Waals surface area (Å²) >= 11 is 0. The van der Waals surface area contributed by atoms with Crippen molar-refractivity contribution in [3.05, 3.63) is 29.6 Å². The van der Waals surface area contributed by atoms with Gasteiger partial charge in [-0.2, -0.15) is 8.78 Å². The number of urea groups is 1. The minimum absolute atomic E-state index is 0.500. The molecular formula is C11H9F5N2O3. The third-order valence-corrected chi connectivity index (χ3v) is 2.28. The quantitative estimate of drug-likeness (QED) is 0.731. The molecule has 116 valence electrons. The fourth-order valence-electron chi connectivity index (χ4n) is 1.29. The highest BCUT2D eigenvalue weighted by molar-refractivity contribution is 6.00. The second-order valence-electron chi connectivity index (χ2n) is 3.84. The van der Waals surface area contributed by atoms with Gasteiger partial charge in [-0.05, 0) is 12.1 Å². The summed E-state index contributed by atoms with van der Waals surface area (Å²) in [6.45, 7) is -1.66. The van der Waals surface area contributed by atoms with Crippen molar-refractivity contribution < 1.29 is 36.6 Å². The summed E-state index contributed by atoms with van der Waals surface area (Å²) < 4.78 is 62.1. The molecule has 0 aliphatic heterocycles. The van der Waals surface area contributed by atoms with Gasteiger partial charge in [-0.3, -0.25) is 0 Å². The normalized spacial score (nSPS) is 11.3. The number of halogens is 5. The first kappa shape index (κ1) is 16.7. The molecule has 0 saturated carbocycles. The van der Waals surface area contributed by atoms with E-state index in [1.807, 2.05) is 0 Å². The van der Waals surface area contributed by atoms with Gasteiger partial charge in [0.05, 0.1) is 12.2 Å². The van der Waals surface area contributed by atoms with E-state index in [1.165, 1.54) is 5.32 Å². The molecule has 0 bridgehead atoms. The fourth-order valence-corrected chi connectivity index (χ4v) is 1.29. The van der Waals surface area contributed by atoms with Gasteiger partial charge in [-0.15, -0.1) is 0 Å². The van der Waals surface area contributed by atoms with Gasteiger partial charge in [-0.25, -0.2) is 22.8 Å². The average Bonchev–Trinajstić information content (AvgIpc) is 2.36. The number of hydrogen-bond acceptors (Lipinski definition) is 2. The SMILES string of the molecule is O=C(NCC(F)(F)C(F)F)Nc1cccc(F)c1C(=O)O. The van der Waals surface area contributed by atoms with Crippen molar-refractivity contribution in [3.8, 4) is 0 Å². The molecule has 0 atom stereocenters. The Kier molecular flexibility index (Phi) is 5.06. The average molecular weight is 312 g/mol. The van der Waals surface area contributed by atoms with Crippen LogP contribution in [0.3, 0.4) is 0 Å². The van der Waals surface area contributed by atoms with Crippen molar-refractivity contribution in [2.45, 2.75) is 12.3 Å². The number of rotatable bonds is 5. The number of alkyl halides is 4. The number of carboxylic acid groups (broad SMARTS) is 1. The van der Waals surface area contributed by atoms with Crippen LogP contribution < -0.4 is 10.6 Å². The zero-order valence-electron chi connectivity index (χ0n) is 10.2. The molecule has 0 aliphatic carbocycles. The second-order valence-corrected chi connectivity index (χ2v) is 3.84. The zero-order valence-corrected chi connectivity index (χ0v) is 10.2. The van der Waals surface area contributed by atoms with E-state index in [0.29, 0.717) is 0 Å². The Morgan fingerprint density at radius 2 is 1.90 bits per heavy atom. The molecule has 0 saturated heterocycles. The molecule has 0 unspecified atom stereocenters. The van der Waals surface area contributed by atoms with Crippen LogP contribution in [0.5, 0.6) is 0 Å². The van der Waals surface area contributed by atoms with E-state index < -0.39 is 48.0 Å². The van der Waals surface area contributed by atoms with E-state index in [1.54, 1.807) is 5.32 Å². The first-order valence-electron chi connectivity index (χ1n) is 5.38. The predicted molar refractivity (Wildman–Crippen MR) is 61.3 cm³/mol. The van der Waals surface area contributed by atoms with Gasteiger partial charge >= 0.3 is 24.3 Å². The van der Waals surface area contributed by atoms with Crippen LogP contribution in [0, 0.1) is 5.82 Å². The van der Waals surface area contributed by atoms with E-state index >= 15 is 0 Å². The Bertz CT molecular complexity index is 551. The summed E-state index contributed by atoms with van der Waals surface area (Å²) in [5.74, 6) is -7.28. The molecule has 2 amide bonds. The first-order chi connectivity index (χ1) is 9.65. The van der Waals surface area contributed by atoms with Gasteiger partial charge in [-0.1, -0.05) is 6.07 Å². The summed E-state index contributed by atoms with van der Waals surface area (Å²) in [6, 6.07) is 1.53. The number of carbonyl (C=O) groups is 2. The maximum absolute atomic E-state index is 13.3. The smallest absolute Gasteiger partial charge is 0.340 e. The van der Waals surface area contributed by atoms with Crippen LogP contribution in [0.15, 0.2) is 18.2 Å². The Morgan fingerprint density at radius 1 is 1.29 bits per heavy atom. The van der Waals surface area contributed by atoms with E-state index in [0.717, 1.165) is 18.2 Å². The summed E-state index contributed by atoms with van der Waals surface area (Å²) in [5.41, 5.74) is -1.38. The van der Waals surface area contributed by atoms with Crippen molar-refractivity contribution >= 4 is 17.7 Å². The lowest BCUT2D eigenvalue weighted by Crippen LogP contribution is -2.43. The van der Waals surface area contributed by atoms with Gasteiger partial charge in [0.15, 0.2) is 0 Å². The van der Waals surface area contributed by atoms with Crippen LogP contribution in [0.4, 0.5) is 32.4 Å². The number of carbonyl (C=O) groups excluding carboxylic acids is 1. The molecule has 0 fully saturated rings. The van der Waals surface area contributed by atoms with Gasteiger partial charge in [0.1, 0.15) is 11.4 Å². The lowest BCUT2D eigenvalue weighted by atomic mass is 10.1. The molecule has 5 nitrogen and oxygen atoms in total. The topological polar surface area (TPSA) is 78.4 Å². The summed E-state index contributed by atoms with van der Waals surface area (Å²) in [4.78, 5) is 22.1. The largest absolute Gasteiger partial charge is 0.478 e. The Labute approximate surface area is 114 Å². The third-order valence-electron chi connectivity index (χ3n) is 2.28. The molecule has 3 N–H and O–H groups in total. The van der Waals surface area contributed by atoms with Crippen molar-refractivity contribution in [2.24, 2.45) is 0 Å². The zero-order chi connectivity index (χ0) is 16.2. The molecule has 0 spiro atoms. The van der Waals surface area contributed by atoms with Crippen molar-refractivity contribution in [3.63, 3.8) is 0 Å². The molecule has 0 radical (unpaired) electrons. The monoisotopic (exact) mass is 312 g/mol. The number of hydrogen-bond donors (Lipinski definition) is 3. The number of amides is 2. The molecule has 1 aromatic rings. The van der Waals surface area contributed by atoms with Gasteiger partial charge in [0, 0.05) is 0 Å². The van der Waals surface area contributed by atoms with E-state index in [-0.39, 0.29) is 0 Å². The van der Waals surface area contributed by atoms with Gasteiger partial charge < -0.3 is 15.7 Å². The highest BCUT2D eigenvalue weighted by Crippen LogP contribution is 2.22. The lowest BCUT2D eigenvalue weighted by molar-refractivity contribution is -0.123. The Hall–Kier alpha value is -2.39. The first-order valence-corrected chi connectivity index (χ1v) is 5.38. The van der Waals surface area contributed by atoms with E-state index in [4.69, 9.17) is 5.11 Å². The Morgan fingerprint density at radius 3 is 2.43 bits per heavy atom. The molecule has 1 aromatic carbocycles. The van der Waals surface area contributed by atoms with Crippen LogP contribution in [0.2, 0.25) is 0 Å². The molecule has 10 heteroatoms. The molecule has 0 heterocycles. The minimum Gasteiger partial charge on any atom is -0.478 e. The number of anilines is 1. The number of nitrogens with one attached hydrogen (secondary N) is 2. The van der Waals surface area contributed by atoms with Crippen molar-refractivity contribution in [1.29, 1.82) is 0 Å². The van der Waals surface area contributed by atoms with E-state index in [2.05, 4.69) is 0 Å². The van der Waals surface area contributed by atoms with Crippen molar-refractivity contribution in [2.75, 3.05) is 11.9 Å². The maximum Gasteiger partial charge on any atom is 0.340 e. The molecular weight excluding hydrogens is 303 g/mol. The van der Waals surface area contributed by atoms with Gasteiger partial charge in [0.2, 0.25) is 0 Å². The van der Waals surface area contributed by atoms with Crippen LogP contribution >= 0.6 is 0 Å². The summed E-state index contributed by atoms with van der Waals surface area (Å²) in [6.07, 6.45) is -3.97. The van der Waals surface area contributed by atoms with Crippen LogP contribution in [-0.4, -0.2) is 36.0 Å². The Balaban J connectivity index is 2.77. The maximum atomic E-state index is 13.3. The van der Waals surface area contributed by atoms with Gasteiger partial charge in [0.25, 0.3) is 0 Å². The molecule has 1 rings (SSSR count). The predicted octanol–water partition coefficient (Wildman–Crippen LogP) is 2.55. The standard InChI is InChI=1S/C11H9F5N2O3/c12-5-2-1-3-6(7(5)8(19)20)18-10(21)17-4-11(15,16)9(13)14/h1-3,9H,4H2,(H,19,20)(H2,17,18,21). The minimum atomic E-state index is -4.44. The third kappa shape index (κ3) is 4.29. The van der Waals surface area contributed by atoms with Crippen LogP contribution in [-0.2, 0) is 0 Å². The molecule has 0 aromatic heterocycles. The summed E-state index contributed by atoms with van der Waals surface area (Å²) in [5, 5.41) is 12.0. The highest BCUT2D eigenvalue weighted by atomic mass is 19.3. The van der Waals surface area contributed by atoms with Crippen LogP contribution in [0.25, 0.3) is 0 Å². The number of benzene rings is 1. The van der Waals surface area contributed by atoms with Crippen molar-refractivity contribution in [1.82, 2.24) is 5.32 Å². The van der Waals surface area contributed by atoms with Crippen LogP contribution in [0.1, 0.15) is 10.4 Å². The van der Waals surface area contributed by atoms with E-state index in [9.17, 15) is 31.5 Å². The number of aromatic carboxylic acids is 1. The molecule has 0 aliphatic rings.